The maximum Gasteiger partial charge on any atom is 0.244 e. The molecule has 0 fully saturated rings. The van der Waals surface area contributed by atoms with Crippen molar-refractivity contribution in [2.24, 2.45) is 5.73 Å². The molecule has 7 heteroatoms. The number of nitrogens with zero attached hydrogens (tertiary/aromatic N) is 2. The Labute approximate surface area is 137 Å². The van der Waals surface area contributed by atoms with E-state index < -0.39 is 23.0 Å². The van der Waals surface area contributed by atoms with Gasteiger partial charge in [0.15, 0.2) is 0 Å². The van der Waals surface area contributed by atoms with Gasteiger partial charge in [0, 0.05) is 16.7 Å². The van der Waals surface area contributed by atoms with Crippen molar-refractivity contribution in [2.75, 3.05) is 0 Å². The summed E-state index contributed by atoms with van der Waals surface area (Å²) >= 11 is 0. The lowest BCUT2D eigenvalue weighted by molar-refractivity contribution is 0.375. The minimum Gasteiger partial charge on any atom is -0.420 e. The first-order chi connectivity index (χ1) is 11.3. The van der Waals surface area contributed by atoms with Crippen LogP contribution in [-0.4, -0.2) is 10.2 Å². The Morgan fingerprint density at radius 3 is 2.42 bits per heavy atom. The molecule has 3 rings (SSSR count). The highest BCUT2D eigenvalue weighted by atomic mass is 19.1. The molecule has 0 radical (unpaired) electrons. The average Bonchev–Trinajstić information content (AvgIpc) is 2.90. The van der Waals surface area contributed by atoms with Crippen molar-refractivity contribution in [3.8, 4) is 11.9 Å². The number of benzene rings is 1. The van der Waals surface area contributed by atoms with Gasteiger partial charge in [-0.15, -0.1) is 5.10 Å². The number of aromatic nitrogens is 2. The van der Waals surface area contributed by atoms with Crippen LogP contribution in [0.3, 0.4) is 0 Å². The number of nitrogens with two attached hydrogens (primary N) is 1. The molecule has 124 valence electrons. The molecule has 1 aromatic heterocycles. The van der Waals surface area contributed by atoms with Crippen LogP contribution in [0.4, 0.5) is 8.78 Å². The summed E-state index contributed by atoms with van der Waals surface area (Å²) in [5.74, 6) is -2.61. The minimum absolute atomic E-state index is 0.0431. The Balaban J connectivity index is 2.36. The summed E-state index contributed by atoms with van der Waals surface area (Å²) in [4.78, 5) is 0. The van der Waals surface area contributed by atoms with Crippen LogP contribution in [0.1, 0.15) is 43.5 Å². The second-order valence-electron chi connectivity index (χ2n) is 6.63. The molecule has 2 heterocycles. The molecule has 2 aromatic rings. The first kappa shape index (κ1) is 16.0. The SMILES string of the molecule is CC(C)(C)c1[nH]nc2c1C(c1c(F)cccc1F)C(C#N)=C(N)O2. The van der Waals surface area contributed by atoms with Gasteiger partial charge in [-0.1, -0.05) is 26.8 Å². The molecule has 24 heavy (non-hydrogen) atoms. The Kier molecular flexibility index (Phi) is 3.56. The van der Waals surface area contributed by atoms with Gasteiger partial charge in [0.2, 0.25) is 11.8 Å². The summed E-state index contributed by atoms with van der Waals surface area (Å²) in [5, 5.41) is 16.4. The van der Waals surface area contributed by atoms with Gasteiger partial charge in [-0.05, 0) is 12.1 Å². The highest BCUT2D eigenvalue weighted by Crippen LogP contribution is 2.46. The van der Waals surface area contributed by atoms with Crippen LogP contribution in [0.25, 0.3) is 0 Å². The third-order valence-corrected chi connectivity index (χ3v) is 3.98. The van der Waals surface area contributed by atoms with Gasteiger partial charge in [0.25, 0.3) is 0 Å². The number of nitrogens with one attached hydrogen (secondary N) is 1. The Morgan fingerprint density at radius 1 is 1.25 bits per heavy atom. The Bertz CT molecular complexity index is 867. The zero-order chi connectivity index (χ0) is 17.6. The van der Waals surface area contributed by atoms with Gasteiger partial charge >= 0.3 is 0 Å². The van der Waals surface area contributed by atoms with Crippen LogP contribution in [0, 0.1) is 23.0 Å². The molecule has 1 unspecified atom stereocenters. The van der Waals surface area contributed by atoms with E-state index in [1.54, 1.807) is 0 Å². The zero-order valence-corrected chi connectivity index (χ0v) is 13.4. The smallest absolute Gasteiger partial charge is 0.244 e. The Hall–Kier alpha value is -2.88. The Morgan fingerprint density at radius 2 is 1.88 bits per heavy atom. The fourth-order valence-corrected chi connectivity index (χ4v) is 2.89. The van der Waals surface area contributed by atoms with Crippen molar-refractivity contribution >= 4 is 0 Å². The number of halogens is 2. The topological polar surface area (TPSA) is 87.7 Å². The summed E-state index contributed by atoms with van der Waals surface area (Å²) in [6, 6.07) is 5.49. The normalized spacial score (nSPS) is 17.2. The molecule has 3 N–H and O–H groups in total. The predicted molar refractivity (Wildman–Crippen MR) is 82.9 cm³/mol. The van der Waals surface area contributed by atoms with Crippen LogP contribution in [0.2, 0.25) is 0 Å². The molecular formula is C17H16F2N4O. The van der Waals surface area contributed by atoms with E-state index in [2.05, 4.69) is 10.2 Å². The molecule has 0 saturated heterocycles. The number of allylic oxidation sites excluding steroid dienone is 1. The first-order valence-electron chi connectivity index (χ1n) is 7.36. The molecule has 0 spiro atoms. The molecule has 1 aromatic carbocycles. The minimum atomic E-state index is -1.02. The quantitative estimate of drug-likeness (QED) is 0.840. The largest absolute Gasteiger partial charge is 0.420 e. The lowest BCUT2D eigenvalue weighted by atomic mass is 9.78. The van der Waals surface area contributed by atoms with Crippen LogP contribution < -0.4 is 10.5 Å². The summed E-state index contributed by atoms with van der Waals surface area (Å²) in [5.41, 5.74) is 6.15. The van der Waals surface area contributed by atoms with Gasteiger partial charge < -0.3 is 10.5 Å². The maximum absolute atomic E-state index is 14.4. The van der Waals surface area contributed by atoms with E-state index in [9.17, 15) is 14.0 Å². The monoisotopic (exact) mass is 330 g/mol. The van der Waals surface area contributed by atoms with Gasteiger partial charge in [0.1, 0.15) is 23.3 Å². The molecule has 1 aliphatic heterocycles. The third kappa shape index (κ3) is 2.31. The molecule has 1 atom stereocenters. The number of aromatic amines is 1. The van der Waals surface area contributed by atoms with E-state index in [1.807, 2.05) is 26.8 Å². The van der Waals surface area contributed by atoms with Gasteiger partial charge in [-0.2, -0.15) is 5.26 Å². The van der Waals surface area contributed by atoms with Gasteiger partial charge in [-0.25, -0.2) is 8.78 Å². The van der Waals surface area contributed by atoms with Crippen LogP contribution in [-0.2, 0) is 5.41 Å². The summed E-state index contributed by atoms with van der Waals surface area (Å²) in [6.45, 7) is 5.76. The van der Waals surface area contributed by atoms with E-state index in [0.29, 0.717) is 11.3 Å². The van der Waals surface area contributed by atoms with E-state index in [0.717, 1.165) is 12.1 Å². The number of nitriles is 1. The number of ether oxygens (including phenoxy) is 1. The molecular weight excluding hydrogens is 314 g/mol. The second kappa shape index (κ2) is 5.34. The van der Waals surface area contributed by atoms with Crippen molar-refractivity contribution in [3.05, 3.63) is 58.1 Å². The molecule has 5 nitrogen and oxygen atoms in total. The number of hydrogen-bond donors (Lipinski definition) is 2. The lowest BCUT2D eigenvalue weighted by Gasteiger charge is -2.27. The van der Waals surface area contributed by atoms with Gasteiger partial charge in [0.05, 0.1) is 11.5 Å². The summed E-state index contributed by atoms with van der Waals surface area (Å²) in [7, 11) is 0. The van der Waals surface area contributed by atoms with Crippen molar-refractivity contribution < 1.29 is 13.5 Å². The standard InChI is InChI=1S/C17H16F2N4O/c1-17(2,3)14-13-11(12-9(18)5-4-6-10(12)19)8(7-20)15(21)24-16(13)23-22-14/h4-6,11H,21H2,1-3H3,(H,22,23). The maximum atomic E-state index is 14.4. The van der Waals surface area contributed by atoms with E-state index in [-0.39, 0.29) is 22.9 Å². The zero-order valence-electron chi connectivity index (χ0n) is 13.4. The highest BCUT2D eigenvalue weighted by molar-refractivity contribution is 5.56. The highest BCUT2D eigenvalue weighted by Gasteiger charge is 2.40. The number of rotatable bonds is 1. The van der Waals surface area contributed by atoms with Crippen molar-refractivity contribution in [1.29, 1.82) is 5.26 Å². The molecule has 1 aliphatic rings. The molecule has 0 aliphatic carbocycles. The third-order valence-electron chi connectivity index (χ3n) is 3.98. The van der Waals surface area contributed by atoms with E-state index >= 15 is 0 Å². The fourth-order valence-electron chi connectivity index (χ4n) is 2.89. The fraction of sp³-hybridized carbons (Fsp3) is 0.294. The van der Waals surface area contributed by atoms with Crippen LogP contribution >= 0.6 is 0 Å². The number of fused-ring (bicyclic) bond motifs is 1. The molecule has 0 amide bonds. The second-order valence-corrected chi connectivity index (χ2v) is 6.63. The summed E-state index contributed by atoms with van der Waals surface area (Å²) in [6.07, 6.45) is 0. The lowest BCUT2D eigenvalue weighted by Crippen LogP contribution is -2.25. The van der Waals surface area contributed by atoms with E-state index in [1.165, 1.54) is 6.07 Å². The summed E-state index contributed by atoms with van der Waals surface area (Å²) < 4.78 is 34.2. The number of H-pyrrole nitrogens is 1. The van der Waals surface area contributed by atoms with Crippen molar-refractivity contribution in [1.82, 2.24) is 10.2 Å². The van der Waals surface area contributed by atoms with E-state index in [4.69, 9.17) is 10.5 Å². The predicted octanol–water partition coefficient (Wildman–Crippen LogP) is 3.20. The van der Waals surface area contributed by atoms with Crippen LogP contribution in [0.15, 0.2) is 29.7 Å². The molecule has 0 bridgehead atoms. The van der Waals surface area contributed by atoms with Crippen molar-refractivity contribution in [2.45, 2.75) is 32.1 Å². The van der Waals surface area contributed by atoms with Crippen LogP contribution in [0.5, 0.6) is 5.88 Å². The first-order valence-corrected chi connectivity index (χ1v) is 7.36. The van der Waals surface area contributed by atoms with Gasteiger partial charge in [-0.3, -0.25) is 5.10 Å². The molecule has 0 saturated carbocycles. The van der Waals surface area contributed by atoms with Crippen molar-refractivity contribution in [3.63, 3.8) is 0 Å². The average molecular weight is 330 g/mol. The number of hydrogen-bond acceptors (Lipinski definition) is 4.